The zero-order valence-electron chi connectivity index (χ0n) is 10.6. The van der Waals surface area contributed by atoms with Crippen LogP contribution in [0.3, 0.4) is 0 Å². The number of aromatic amines is 1. The van der Waals surface area contributed by atoms with Crippen LogP contribution < -0.4 is 4.72 Å². The van der Waals surface area contributed by atoms with E-state index in [4.69, 9.17) is 11.6 Å². The highest BCUT2D eigenvalue weighted by Crippen LogP contribution is 2.27. The van der Waals surface area contributed by atoms with Crippen LogP contribution in [0.5, 0.6) is 0 Å². The van der Waals surface area contributed by atoms with Crippen molar-refractivity contribution in [1.29, 1.82) is 0 Å². The smallest absolute Gasteiger partial charge is 0.261 e. The van der Waals surface area contributed by atoms with Gasteiger partial charge in [-0.2, -0.15) is 0 Å². The molecule has 0 saturated carbocycles. The van der Waals surface area contributed by atoms with Crippen molar-refractivity contribution >= 4 is 54.1 Å². The highest BCUT2D eigenvalue weighted by atomic mass is 79.9. The minimum absolute atomic E-state index is 0.146. The van der Waals surface area contributed by atoms with E-state index in [0.717, 1.165) is 10.9 Å². The van der Waals surface area contributed by atoms with Crippen molar-refractivity contribution < 1.29 is 8.42 Å². The van der Waals surface area contributed by atoms with Crippen molar-refractivity contribution in [2.75, 3.05) is 4.72 Å². The second-order valence-electron chi connectivity index (χ2n) is 4.46. The molecule has 4 nitrogen and oxygen atoms in total. The van der Waals surface area contributed by atoms with E-state index in [2.05, 4.69) is 25.6 Å². The van der Waals surface area contributed by atoms with Gasteiger partial charge < -0.3 is 4.98 Å². The summed E-state index contributed by atoms with van der Waals surface area (Å²) in [6.07, 6.45) is 1.80. The molecule has 2 N–H and O–H groups in total. The van der Waals surface area contributed by atoms with Crippen LogP contribution in [-0.2, 0) is 10.0 Å². The molecule has 7 heteroatoms. The second-order valence-corrected chi connectivity index (χ2v) is 7.41. The predicted octanol–water partition coefficient (Wildman–Crippen LogP) is 4.38. The number of nitrogens with one attached hydrogen (secondary N) is 2. The van der Waals surface area contributed by atoms with E-state index in [0.29, 0.717) is 15.2 Å². The SMILES string of the molecule is O=S(=O)(Nc1ccc2[nH]ccc2c1)c1ccc(Cl)c(Br)c1. The molecule has 2 aromatic carbocycles. The lowest BCUT2D eigenvalue weighted by molar-refractivity contribution is 0.601. The van der Waals surface area contributed by atoms with Gasteiger partial charge in [-0.1, -0.05) is 11.6 Å². The standard InChI is InChI=1S/C14H10BrClN2O2S/c15-12-8-11(2-3-13(12)16)21(19,20)18-10-1-4-14-9(7-10)5-6-17-14/h1-8,17-18H. The van der Waals surface area contributed by atoms with Gasteiger partial charge in [0.2, 0.25) is 0 Å². The lowest BCUT2D eigenvalue weighted by Gasteiger charge is -2.09. The van der Waals surface area contributed by atoms with Crippen molar-refractivity contribution in [2.24, 2.45) is 0 Å². The van der Waals surface area contributed by atoms with E-state index in [9.17, 15) is 8.42 Å². The van der Waals surface area contributed by atoms with Gasteiger partial charge in [0.15, 0.2) is 0 Å². The van der Waals surface area contributed by atoms with Gasteiger partial charge in [-0.3, -0.25) is 4.72 Å². The van der Waals surface area contributed by atoms with Crippen molar-refractivity contribution in [2.45, 2.75) is 4.90 Å². The Balaban J connectivity index is 1.96. The molecule has 0 bridgehead atoms. The van der Waals surface area contributed by atoms with Crippen LogP contribution >= 0.6 is 27.5 Å². The van der Waals surface area contributed by atoms with Gasteiger partial charge in [0, 0.05) is 27.3 Å². The first-order chi connectivity index (χ1) is 9.95. The number of hydrogen-bond donors (Lipinski definition) is 2. The van der Waals surface area contributed by atoms with Crippen LogP contribution in [0.25, 0.3) is 10.9 Å². The van der Waals surface area contributed by atoms with Gasteiger partial charge in [-0.05, 0) is 58.4 Å². The number of rotatable bonds is 3. The summed E-state index contributed by atoms with van der Waals surface area (Å²) < 4.78 is 27.8. The largest absolute Gasteiger partial charge is 0.361 e. The molecule has 0 aliphatic carbocycles. The van der Waals surface area contributed by atoms with Crippen molar-refractivity contribution in [3.63, 3.8) is 0 Å². The zero-order valence-corrected chi connectivity index (χ0v) is 13.8. The van der Waals surface area contributed by atoms with Crippen molar-refractivity contribution in [1.82, 2.24) is 4.98 Å². The van der Waals surface area contributed by atoms with Crippen LogP contribution in [0.4, 0.5) is 5.69 Å². The predicted molar refractivity (Wildman–Crippen MR) is 88.3 cm³/mol. The monoisotopic (exact) mass is 384 g/mol. The van der Waals surface area contributed by atoms with Gasteiger partial charge in [-0.25, -0.2) is 8.42 Å². The third-order valence-corrected chi connectivity index (χ3v) is 5.60. The van der Waals surface area contributed by atoms with E-state index in [1.165, 1.54) is 18.2 Å². The first-order valence-electron chi connectivity index (χ1n) is 6.01. The molecule has 0 atom stereocenters. The van der Waals surface area contributed by atoms with Gasteiger partial charge in [-0.15, -0.1) is 0 Å². The van der Waals surface area contributed by atoms with E-state index in [1.807, 2.05) is 12.1 Å². The zero-order chi connectivity index (χ0) is 15.0. The Morgan fingerprint density at radius 3 is 2.67 bits per heavy atom. The fraction of sp³-hybridized carbons (Fsp3) is 0. The summed E-state index contributed by atoms with van der Waals surface area (Å²) in [6.45, 7) is 0. The Hall–Kier alpha value is -1.50. The number of sulfonamides is 1. The van der Waals surface area contributed by atoms with Crippen LogP contribution in [-0.4, -0.2) is 13.4 Å². The minimum Gasteiger partial charge on any atom is -0.361 e. The molecular formula is C14H10BrClN2O2S. The third-order valence-electron chi connectivity index (χ3n) is 3.01. The molecule has 3 rings (SSSR count). The van der Waals surface area contributed by atoms with Crippen LogP contribution in [0.15, 0.2) is 58.0 Å². The Morgan fingerprint density at radius 1 is 1.10 bits per heavy atom. The third kappa shape index (κ3) is 2.92. The molecule has 0 spiro atoms. The van der Waals surface area contributed by atoms with Crippen molar-refractivity contribution in [3.05, 3.63) is 58.2 Å². The topological polar surface area (TPSA) is 62.0 Å². The van der Waals surface area contributed by atoms with E-state index in [1.54, 1.807) is 18.3 Å². The molecule has 21 heavy (non-hydrogen) atoms. The molecule has 0 unspecified atom stereocenters. The summed E-state index contributed by atoms with van der Waals surface area (Å²) in [5, 5.41) is 1.40. The molecule has 3 aromatic rings. The average Bonchev–Trinajstić information content (AvgIpc) is 2.88. The summed E-state index contributed by atoms with van der Waals surface area (Å²) in [4.78, 5) is 3.20. The average molecular weight is 386 g/mol. The molecule has 0 fully saturated rings. The highest BCUT2D eigenvalue weighted by molar-refractivity contribution is 9.10. The maximum Gasteiger partial charge on any atom is 0.261 e. The number of fused-ring (bicyclic) bond motifs is 1. The molecule has 0 aliphatic rings. The highest BCUT2D eigenvalue weighted by Gasteiger charge is 2.15. The molecule has 108 valence electrons. The number of hydrogen-bond acceptors (Lipinski definition) is 2. The first-order valence-corrected chi connectivity index (χ1v) is 8.66. The fourth-order valence-electron chi connectivity index (χ4n) is 1.97. The Kier molecular flexibility index (Phi) is 3.69. The van der Waals surface area contributed by atoms with Crippen LogP contribution in [0.2, 0.25) is 5.02 Å². The Labute approximate surface area is 135 Å². The molecule has 1 heterocycles. The van der Waals surface area contributed by atoms with Gasteiger partial charge in [0.05, 0.1) is 9.92 Å². The summed E-state index contributed by atoms with van der Waals surface area (Å²) in [7, 11) is -3.65. The summed E-state index contributed by atoms with van der Waals surface area (Å²) in [5.74, 6) is 0. The van der Waals surface area contributed by atoms with Gasteiger partial charge in [0.25, 0.3) is 10.0 Å². The van der Waals surface area contributed by atoms with E-state index < -0.39 is 10.0 Å². The first kappa shape index (κ1) is 14.4. The number of anilines is 1. The molecule has 1 aromatic heterocycles. The summed E-state index contributed by atoms with van der Waals surface area (Å²) in [5.41, 5.74) is 1.46. The number of benzene rings is 2. The maximum absolute atomic E-state index is 12.4. The summed E-state index contributed by atoms with van der Waals surface area (Å²) in [6, 6.07) is 11.7. The Morgan fingerprint density at radius 2 is 1.90 bits per heavy atom. The van der Waals surface area contributed by atoms with E-state index in [-0.39, 0.29) is 4.90 Å². The lowest BCUT2D eigenvalue weighted by atomic mass is 10.2. The van der Waals surface area contributed by atoms with Crippen LogP contribution in [0, 0.1) is 0 Å². The van der Waals surface area contributed by atoms with Gasteiger partial charge in [0.1, 0.15) is 0 Å². The minimum atomic E-state index is -3.65. The fourth-order valence-corrected chi connectivity index (χ4v) is 3.70. The summed E-state index contributed by atoms with van der Waals surface area (Å²) >= 11 is 9.10. The lowest BCUT2D eigenvalue weighted by Crippen LogP contribution is -2.12. The molecule has 0 saturated heterocycles. The van der Waals surface area contributed by atoms with Crippen LogP contribution in [0.1, 0.15) is 0 Å². The number of halogens is 2. The number of aromatic nitrogens is 1. The van der Waals surface area contributed by atoms with E-state index >= 15 is 0 Å². The molecule has 0 amide bonds. The molecule has 0 radical (unpaired) electrons. The maximum atomic E-state index is 12.4. The molecule has 0 aliphatic heterocycles. The Bertz CT molecular complexity index is 922. The van der Waals surface area contributed by atoms with Gasteiger partial charge >= 0.3 is 0 Å². The van der Waals surface area contributed by atoms with Crippen molar-refractivity contribution in [3.8, 4) is 0 Å². The second kappa shape index (κ2) is 5.36. The molecular weight excluding hydrogens is 376 g/mol. The normalized spacial score (nSPS) is 11.7. The quantitative estimate of drug-likeness (QED) is 0.702. The number of H-pyrrole nitrogens is 1.